The molecule has 1 heterocycles. The molecule has 0 aromatic heterocycles. The Morgan fingerprint density at radius 1 is 1.28 bits per heavy atom. The van der Waals surface area contributed by atoms with E-state index < -0.39 is 0 Å². The molecule has 2 aliphatic rings. The highest BCUT2D eigenvalue weighted by molar-refractivity contribution is 5.77. The minimum atomic E-state index is 0.0120. The van der Waals surface area contributed by atoms with E-state index in [1.54, 1.807) is 0 Å². The van der Waals surface area contributed by atoms with Gasteiger partial charge in [0.15, 0.2) is 0 Å². The van der Waals surface area contributed by atoms with E-state index in [0.29, 0.717) is 6.42 Å². The molecule has 3 atom stereocenters. The first-order chi connectivity index (χ1) is 8.35. The van der Waals surface area contributed by atoms with Gasteiger partial charge in [-0.3, -0.25) is 4.79 Å². The molecule has 3 nitrogen and oxygen atoms in total. The fourth-order valence-corrected chi connectivity index (χ4v) is 3.65. The van der Waals surface area contributed by atoms with Gasteiger partial charge in [-0.05, 0) is 36.5 Å². The lowest BCUT2D eigenvalue weighted by Crippen LogP contribution is -2.36. The number of hydrogen-bond acceptors (Lipinski definition) is 2. The Balaban J connectivity index is 1.78. The van der Waals surface area contributed by atoms with Crippen molar-refractivity contribution in [3.05, 3.63) is 0 Å². The van der Waals surface area contributed by atoms with Gasteiger partial charge >= 0.3 is 0 Å². The average Bonchev–Trinajstić information content (AvgIpc) is 2.71. The SMILES string of the molecule is CC(C)(C)CC(N)CC(=O)N1CC2CCCC2C1. The van der Waals surface area contributed by atoms with Crippen LogP contribution in [0.25, 0.3) is 0 Å². The van der Waals surface area contributed by atoms with Crippen LogP contribution in [0.5, 0.6) is 0 Å². The first kappa shape index (κ1) is 13.9. The van der Waals surface area contributed by atoms with Gasteiger partial charge in [-0.15, -0.1) is 0 Å². The minimum Gasteiger partial charge on any atom is -0.342 e. The van der Waals surface area contributed by atoms with Crippen LogP contribution in [0.4, 0.5) is 0 Å². The van der Waals surface area contributed by atoms with Gasteiger partial charge in [0.1, 0.15) is 0 Å². The third-order valence-corrected chi connectivity index (χ3v) is 4.39. The number of nitrogens with zero attached hydrogens (tertiary/aromatic N) is 1. The minimum absolute atomic E-state index is 0.0120. The molecular formula is C15H28N2O. The zero-order chi connectivity index (χ0) is 13.3. The van der Waals surface area contributed by atoms with E-state index in [1.165, 1.54) is 19.3 Å². The maximum atomic E-state index is 12.2. The van der Waals surface area contributed by atoms with E-state index >= 15 is 0 Å². The van der Waals surface area contributed by atoms with Crippen molar-refractivity contribution in [1.29, 1.82) is 0 Å². The van der Waals surface area contributed by atoms with Crippen molar-refractivity contribution in [3.8, 4) is 0 Å². The van der Waals surface area contributed by atoms with Crippen LogP contribution in [0, 0.1) is 17.3 Å². The Labute approximate surface area is 111 Å². The Hall–Kier alpha value is -0.570. The van der Waals surface area contributed by atoms with Gasteiger partial charge in [0.25, 0.3) is 0 Å². The summed E-state index contributed by atoms with van der Waals surface area (Å²) in [6, 6.07) is 0.0120. The second-order valence-corrected chi connectivity index (χ2v) is 7.48. The van der Waals surface area contributed by atoms with E-state index in [2.05, 4.69) is 25.7 Å². The number of amides is 1. The van der Waals surface area contributed by atoms with Gasteiger partial charge in [0, 0.05) is 25.6 Å². The number of rotatable bonds is 3. The molecule has 0 spiro atoms. The molecule has 1 aliphatic heterocycles. The largest absolute Gasteiger partial charge is 0.342 e. The number of fused-ring (bicyclic) bond motifs is 1. The topological polar surface area (TPSA) is 46.3 Å². The van der Waals surface area contributed by atoms with Crippen molar-refractivity contribution < 1.29 is 4.79 Å². The third-order valence-electron chi connectivity index (χ3n) is 4.39. The van der Waals surface area contributed by atoms with Gasteiger partial charge in [0.2, 0.25) is 5.91 Å². The number of carbonyl (C=O) groups is 1. The summed E-state index contributed by atoms with van der Waals surface area (Å²) in [4.78, 5) is 14.3. The zero-order valence-corrected chi connectivity index (χ0v) is 12.1. The highest BCUT2D eigenvalue weighted by Gasteiger charge is 2.38. The molecule has 1 saturated carbocycles. The van der Waals surface area contributed by atoms with Gasteiger partial charge in [-0.1, -0.05) is 27.2 Å². The average molecular weight is 252 g/mol. The van der Waals surface area contributed by atoms with Crippen LogP contribution in [0.2, 0.25) is 0 Å². The molecule has 2 fully saturated rings. The summed E-state index contributed by atoms with van der Waals surface area (Å²) in [6.07, 6.45) is 5.45. The normalized spacial score (nSPS) is 29.4. The molecule has 0 aromatic rings. The first-order valence-electron chi connectivity index (χ1n) is 7.38. The van der Waals surface area contributed by atoms with Crippen molar-refractivity contribution in [2.75, 3.05) is 13.1 Å². The predicted molar refractivity (Wildman–Crippen MR) is 74.1 cm³/mol. The number of carbonyl (C=O) groups excluding carboxylic acids is 1. The summed E-state index contributed by atoms with van der Waals surface area (Å²) < 4.78 is 0. The molecule has 2 N–H and O–H groups in total. The van der Waals surface area contributed by atoms with E-state index in [4.69, 9.17) is 5.73 Å². The standard InChI is InChI=1S/C15H28N2O/c1-15(2,3)8-13(16)7-14(18)17-9-11-5-4-6-12(11)10-17/h11-13H,4-10,16H2,1-3H3. The van der Waals surface area contributed by atoms with Crippen LogP contribution in [0.3, 0.4) is 0 Å². The lowest BCUT2D eigenvalue weighted by molar-refractivity contribution is -0.130. The van der Waals surface area contributed by atoms with Crippen molar-refractivity contribution in [1.82, 2.24) is 4.90 Å². The van der Waals surface area contributed by atoms with Crippen LogP contribution in [0.1, 0.15) is 52.9 Å². The Morgan fingerprint density at radius 3 is 2.33 bits per heavy atom. The van der Waals surface area contributed by atoms with E-state index in [1.807, 2.05) is 0 Å². The van der Waals surface area contributed by atoms with Crippen molar-refractivity contribution in [2.24, 2.45) is 23.0 Å². The van der Waals surface area contributed by atoms with Gasteiger partial charge < -0.3 is 10.6 Å². The molecule has 3 unspecified atom stereocenters. The quantitative estimate of drug-likeness (QED) is 0.838. The molecule has 1 amide bonds. The maximum absolute atomic E-state index is 12.2. The van der Waals surface area contributed by atoms with Crippen LogP contribution in [0.15, 0.2) is 0 Å². The summed E-state index contributed by atoms with van der Waals surface area (Å²) in [7, 11) is 0. The molecule has 0 aromatic carbocycles. The second-order valence-electron chi connectivity index (χ2n) is 7.48. The van der Waals surface area contributed by atoms with Crippen LogP contribution >= 0.6 is 0 Å². The molecule has 104 valence electrons. The summed E-state index contributed by atoms with van der Waals surface area (Å²) >= 11 is 0. The lowest BCUT2D eigenvalue weighted by atomic mass is 9.87. The Bertz CT molecular complexity index is 296. The molecular weight excluding hydrogens is 224 g/mol. The monoisotopic (exact) mass is 252 g/mol. The predicted octanol–water partition coefficient (Wildman–Crippen LogP) is 2.40. The third kappa shape index (κ3) is 3.47. The van der Waals surface area contributed by atoms with E-state index in [9.17, 15) is 4.79 Å². The lowest BCUT2D eigenvalue weighted by Gasteiger charge is -2.25. The van der Waals surface area contributed by atoms with Crippen molar-refractivity contribution in [3.63, 3.8) is 0 Å². The summed E-state index contributed by atoms with van der Waals surface area (Å²) in [5.41, 5.74) is 6.31. The van der Waals surface area contributed by atoms with Crippen LogP contribution in [-0.4, -0.2) is 29.9 Å². The molecule has 18 heavy (non-hydrogen) atoms. The summed E-state index contributed by atoms with van der Waals surface area (Å²) in [6.45, 7) is 8.52. The molecule has 1 aliphatic carbocycles. The van der Waals surface area contributed by atoms with E-state index in [0.717, 1.165) is 31.3 Å². The fraction of sp³-hybridized carbons (Fsp3) is 0.933. The summed E-state index contributed by atoms with van der Waals surface area (Å²) in [5.74, 6) is 1.85. The smallest absolute Gasteiger partial charge is 0.224 e. The van der Waals surface area contributed by atoms with E-state index in [-0.39, 0.29) is 17.4 Å². The van der Waals surface area contributed by atoms with Crippen molar-refractivity contribution in [2.45, 2.75) is 58.9 Å². The van der Waals surface area contributed by atoms with Crippen molar-refractivity contribution >= 4 is 5.91 Å². The molecule has 0 bridgehead atoms. The number of nitrogens with two attached hydrogens (primary N) is 1. The highest BCUT2D eigenvalue weighted by atomic mass is 16.2. The Kier molecular flexibility index (Phi) is 4.00. The van der Waals surface area contributed by atoms with Gasteiger partial charge in [-0.2, -0.15) is 0 Å². The van der Waals surface area contributed by atoms with Crippen LogP contribution < -0.4 is 5.73 Å². The molecule has 3 heteroatoms. The highest BCUT2D eigenvalue weighted by Crippen LogP contribution is 2.38. The summed E-state index contributed by atoms with van der Waals surface area (Å²) in [5, 5.41) is 0. The van der Waals surface area contributed by atoms with Gasteiger partial charge in [0.05, 0.1) is 0 Å². The maximum Gasteiger partial charge on any atom is 0.224 e. The zero-order valence-electron chi connectivity index (χ0n) is 12.1. The Morgan fingerprint density at radius 2 is 1.83 bits per heavy atom. The fourth-order valence-electron chi connectivity index (χ4n) is 3.65. The van der Waals surface area contributed by atoms with Gasteiger partial charge in [-0.25, -0.2) is 0 Å². The number of likely N-dealkylation sites (tertiary alicyclic amines) is 1. The van der Waals surface area contributed by atoms with Crippen LogP contribution in [-0.2, 0) is 4.79 Å². The molecule has 0 radical (unpaired) electrons. The number of hydrogen-bond donors (Lipinski definition) is 1. The first-order valence-corrected chi connectivity index (χ1v) is 7.38. The second kappa shape index (κ2) is 5.20. The molecule has 1 saturated heterocycles. The molecule has 2 rings (SSSR count).